The molecule has 0 spiro atoms. The largest absolute Gasteiger partial charge is 0.296 e. The number of hydrogen-bond acceptors (Lipinski definition) is 3. The Kier molecular flexibility index (Phi) is 3.14. The van der Waals surface area contributed by atoms with Crippen molar-refractivity contribution in [2.24, 2.45) is 0 Å². The molecule has 0 aliphatic carbocycles. The minimum atomic E-state index is -1.12. The van der Waals surface area contributed by atoms with Gasteiger partial charge in [-0.3, -0.25) is 14.9 Å². The average Bonchev–Trinajstić information content (AvgIpc) is 2.15. The number of carbonyl (C=O) groups is 1. The summed E-state index contributed by atoms with van der Waals surface area (Å²) in [4.78, 5) is 20.0. The monoisotopic (exact) mass is 179 g/mol. The van der Waals surface area contributed by atoms with E-state index in [9.17, 15) is 14.9 Å². The zero-order valence-electron chi connectivity index (χ0n) is 6.92. The molecule has 0 saturated heterocycles. The number of hydrogen-bond donors (Lipinski definition) is 0. The van der Waals surface area contributed by atoms with Gasteiger partial charge >= 0.3 is 0 Å². The lowest BCUT2D eigenvalue weighted by atomic mass is 10.1. The van der Waals surface area contributed by atoms with E-state index >= 15 is 0 Å². The molecule has 0 radical (unpaired) electrons. The first kappa shape index (κ1) is 9.38. The van der Waals surface area contributed by atoms with Crippen LogP contribution in [-0.2, 0) is 11.2 Å². The number of aldehydes is 1. The van der Waals surface area contributed by atoms with E-state index in [0.717, 1.165) is 5.56 Å². The van der Waals surface area contributed by atoms with Gasteiger partial charge in [0.15, 0.2) is 6.29 Å². The van der Waals surface area contributed by atoms with Gasteiger partial charge in [0.05, 0.1) is 0 Å². The van der Waals surface area contributed by atoms with Crippen LogP contribution in [0.2, 0.25) is 0 Å². The van der Waals surface area contributed by atoms with Gasteiger partial charge in [0.1, 0.15) is 0 Å². The first-order valence-corrected chi connectivity index (χ1v) is 3.86. The summed E-state index contributed by atoms with van der Waals surface area (Å²) < 4.78 is 0. The van der Waals surface area contributed by atoms with E-state index in [1.165, 1.54) is 0 Å². The maximum absolute atomic E-state index is 10.3. The number of rotatable bonds is 4. The molecule has 0 aromatic heterocycles. The molecular weight excluding hydrogens is 170 g/mol. The van der Waals surface area contributed by atoms with Crippen LogP contribution in [0.25, 0.3) is 0 Å². The molecule has 1 atom stereocenters. The molecular formula is C9H9NO3. The first-order valence-electron chi connectivity index (χ1n) is 3.86. The maximum Gasteiger partial charge on any atom is 0.271 e. The van der Waals surface area contributed by atoms with Crippen molar-refractivity contribution in [3.8, 4) is 0 Å². The molecule has 13 heavy (non-hydrogen) atoms. The average molecular weight is 179 g/mol. The minimum absolute atomic E-state index is 0.164. The molecule has 0 amide bonds. The molecule has 1 rings (SSSR count). The standard InChI is InChI=1S/C9H9NO3/c11-7-9(10(12)13)6-8-4-2-1-3-5-8/h1-5,7,9H,6H2. The van der Waals surface area contributed by atoms with Crippen LogP contribution in [0, 0.1) is 10.1 Å². The molecule has 0 heterocycles. The summed E-state index contributed by atoms with van der Waals surface area (Å²) in [5.74, 6) is 0. The highest BCUT2D eigenvalue weighted by molar-refractivity contribution is 5.56. The van der Waals surface area contributed by atoms with Gasteiger partial charge in [-0.25, -0.2) is 0 Å². The van der Waals surface area contributed by atoms with Crippen molar-refractivity contribution in [2.45, 2.75) is 12.5 Å². The Labute approximate surface area is 75.3 Å². The van der Waals surface area contributed by atoms with Gasteiger partial charge < -0.3 is 0 Å². The summed E-state index contributed by atoms with van der Waals surface area (Å²) in [5, 5.41) is 10.3. The van der Waals surface area contributed by atoms with Crippen LogP contribution in [0.1, 0.15) is 5.56 Å². The minimum Gasteiger partial charge on any atom is -0.296 e. The van der Waals surface area contributed by atoms with Crippen molar-refractivity contribution in [3.05, 3.63) is 46.0 Å². The van der Waals surface area contributed by atoms with Gasteiger partial charge in [-0.2, -0.15) is 0 Å². The summed E-state index contributed by atoms with van der Waals surface area (Å²) in [6.45, 7) is 0. The second-order valence-corrected chi connectivity index (χ2v) is 2.68. The van der Waals surface area contributed by atoms with E-state index in [0.29, 0.717) is 6.29 Å². The Morgan fingerprint density at radius 3 is 2.46 bits per heavy atom. The molecule has 68 valence electrons. The predicted octanol–water partition coefficient (Wildman–Crippen LogP) is 1.07. The summed E-state index contributed by atoms with van der Waals surface area (Å²) >= 11 is 0. The zero-order chi connectivity index (χ0) is 9.68. The number of benzene rings is 1. The predicted molar refractivity (Wildman–Crippen MR) is 47.0 cm³/mol. The summed E-state index contributed by atoms with van der Waals surface area (Å²) in [6, 6.07) is 7.81. The van der Waals surface area contributed by atoms with E-state index in [1.807, 2.05) is 6.07 Å². The van der Waals surface area contributed by atoms with Gasteiger partial charge in [0.2, 0.25) is 0 Å². The van der Waals surface area contributed by atoms with Crippen molar-refractivity contribution in [1.82, 2.24) is 0 Å². The van der Waals surface area contributed by atoms with Crippen LogP contribution < -0.4 is 0 Å². The third-order valence-corrected chi connectivity index (χ3v) is 1.72. The number of nitrogens with zero attached hydrogens (tertiary/aromatic N) is 1. The summed E-state index contributed by atoms with van der Waals surface area (Å²) in [5.41, 5.74) is 0.802. The van der Waals surface area contributed by atoms with Gasteiger partial charge in [-0.1, -0.05) is 30.3 Å². The molecule has 0 fully saturated rings. The van der Waals surface area contributed by atoms with Crippen molar-refractivity contribution < 1.29 is 9.72 Å². The fraction of sp³-hybridized carbons (Fsp3) is 0.222. The van der Waals surface area contributed by atoms with Crippen LogP contribution in [0.5, 0.6) is 0 Å². The zero-order valence-corrected chi connectivity index (χ0v) is 6.92. The topological polar surface area (TPSA) is 60.2 Å². The first-order chi connectivity index (χ1) is 6.24. The Hall–Kier alpha value is -1.71. The Morgan fingerprint density at radius 2 is 2.00 bits per heavy atom. The molecule has 0 aliphatic heterocycles. The third kappa shape index (κ3) is 2.66. The van der Waals surface area contributed by atoms with Crippen molar-refractivity contribution in [3.63, 3.8) is 0 Å². The van der Waals surface area contributed by atoms with Crippen LogP contribution >= 0.6 is 0 Å². The smallest absolute Gasteiger partial charge is 0.271 e. The summed E-state index contributed by atoms with van der Waals surface area (Å²) in [7, 11) is 0. The summed E-state index contributed by atoms with van der Waals surface area (Å²) in [6.07, 6.45) is 0.532. The second-order valence-electron chi connectivity index (χ2n) is 2.68. The lowest BCUT2D eigenvalue weighted by Gasteiger charge is -2.01. The molecule has 1 unspecified atom stereocenters. The Balaban J connectivity index is 2.67. The normalized spacial score (nSPS) is 12.0. The van der Waals surface area contributed by atoms with Crippen LogP contribution in [0.15, 0.2) is 30.3 Å². The molecule has 0 aliphatic rings. The second kappa shape index (κ2) is 4.35. The van der Waals surface area contributed by atoms with Crippen LogP contribution in [0.4, 0.5) is 0 Å². The Morgan fingerprint density at radius 1 is 1.38 bits per heavy atom. The van der Waals surface area contributed by atoms with Crippen molar-refractivity contribution >= 4 is 6.29 Å². The number of carbonyl (C=O) groups excluding carboxylic acids is 1. The van der Waals surface area contributed by atoms with Crippen molar-refractivity contribution in [1.29, 1.82) is 0 Å². The fourth-order valence-corrected chi connectivity index (χ4v) is 1.03. The molecule has 0 bridgehead atoms. The SMILES string of the molecule is O=CC(Cc1ccccc1)[N+](=O)[O-]. The highest BCUT2D eigenvalue weighted by atomic mass is 16.6. The van der Waals surface area contributed by atoms with Gasteiger partial charge in [0, 0.05) is 11.3 Å². The van der Waals surface area contributed by atoms with E-state index in [-0.39, 0.29) is 6.42 Å². The molecule has 0 N–H and O–H groups in total. The molecule has 1 aromatic carbocycles. The van der Waals surface area contributed by atoms with Crippen molar-refractivity contribution in [2.75, 3.05) is 0 Å². The molecule has 4 nitrogen and oxygen atoms in total. The van der Waals surface area contributed by atoms with E-state index in [2.05, 4.69) is 0 Å². The van der Waals surface area contributed by atoms with E-state index in [1.54, 1.807) is 24.3 Å². The molecule has 1 aromatic rings. The van der Waals surface area contributed by atoms with E-state index in [4.69, 9.17) is 0 Å². The molecule has 4 heteroatoms. The fourth-order valence-electron chi connectivity index (χ4n) is 1.03. The highest BCUT2D eigenvalue weighted by Crippen LogP contribution is 2.03. The van der Waals surface area contributed by atoms with Crippen LogP contribution in [0.3, 0.4) is 0 Å². The lowest BCUT2D eigenvalue weighted by Crippen LogP contribution is -2.23. The van der Waals surface area contributed by atoms with Gasteiger partial charge in [0.25, 0.3) is 6.04 Å². The lowest BCUT2D eigenvalue weighted by molar-refractivity contribution is -0.504. The van der Waals surface area contributed by atoms with Gasteiger partial charge in [-0.05, 0) is 5.56 Å². The van der Waals surface area contributed by atoms with Gasteiger partial charge in [-0.15, -0.1) is 0 Å². The van der Waals surface area contributed by atoms with Crippen LogP contribution in [-0.4, -0.2) is 17.3 Å². The quantitative estimate of drug-likeness (QED) is 0.394. The molecule has 0 saturated carbocycles. The Bertz CT molecular complexity index is 297. The van der Waals surface area contributed by atoms with E-state index < -0.39 is 11.0 Å². The maximum atomic E-state index is 10.3. The number of nitro groups is 1. The third-order valence-electron chi connectivity index (χ3n) is 1.72. The highest BCUT2D eigenvalue weighted by Gasteiger charge is 2.18.